The van der Waals surface area contributed by atoms with Crippen molar-refractivity contribution in [2.24, 2.45) is 5.41 Å². The summed E-state index contributed by atoms with van der Waals surface area (Å²) in [5.74, 6) is 0. The van der Waals surface area contributed by atoms with Crippen molar-refractivity contribution in [3.8, 4) is 0 Å². The first-order chi connectivity index (χ1) is 2.56. The molecule has 0 aliphatic carbocycles. The van der Waals surface area contributed by atoms with Gasteiger partial charge in [-0.1, -0.05) is 19.9 Å². The van der Waals surface area contributed by atoms with Gasteiger partial charge in [-0.3, -0.25) is 0 Å². The van der Waals surface area contributed by atoms with E-state index in [4.69, 9.17) is 0 Å². The Morgan fingerprint density at radius 1 is 1.50 bits per heavy atom. The van der Waals surface area contributed by atoms with Crippen molar-refractivity contribution < 1.29 is 0 Å². The van der Waals surface area contributed by atoms with Crippen LogP contribution in [0.2, 0.25) is 0 Å². The van der Waals surface area contributed by atoms with Crippen LogP contribution in [0.3, 0.4) is 0 Å². The van der Waals surface area contributed by atoms with Crippen molar-refractivity contribution in [1.82, 2.24) is 0 Å². The summed E-state index contributed by atoms with van der Waals surface area (Å²) in [5, 5.41) is 0. The lowest BCUT2D eigenvalue weighted by Crippen LogP contribution is -1.96. The van der Waals surface area contributed by atoms with Gasteiger partial charge in [-0.15, -0.1) is 6.58 Å². The third-order valence-corrected chi connectivity index (χ3v) is 0.553. The summed E-state index contributed by atoms with van der Waals surface area (Å²) in [4.78, 5) is 0. The Morgan fingerprint density at radius 2 is 1.67 bits per heavy atom. The van der Waals surface area contributed by atoms with Crippen LogP contribution in [0, 0.1) is 12.3 Å². The molecule has 0 unspecified atom stereocenters. The van der Waals surface area contributed by atoms with Crippen molar-refractivity contribution in [2.45, 2.75) is 13.8 Å². The van der Waals surface area contributed by atoms with Gasteiger partial charge in [0.05, 0.1) is 0 Å². The molecule has 0 fully saturated rings. The van der Waals surface area contributed by atoms with Gasteiger partial charge in [0.2, 0.25) is 0 Å². The second-order valence-electron chi connectivity index (χ2n) is 2.19. The Hall–Kier alpha value is -0.260. The van der Waals surface area contributed by atoms with Gasteiger partial charge in [0, 0.05) is 0 Å². The summed E-state index contributed by atoms with van der Waals surface area (Å²) >= 11 is 0. The van der Waals surface area contributed by atoms with Gasteiger partial charge in [0.15, 0.2) is 0 Å². The van der Waals surface area contributed by atoms with Gasteiger partial charge >= 0.3 is 0 Å². The fourth-order valence-corrected chi connectivity index (χ4v) is 0. The van der Waals surface area contributed by atoms with Crippen molar-refractivity contribution in [3.63, 3.8) is 0 Å². The zero-order valence-electron chi connectivity index (χ0n) is 4.49. The van der Waals surface area contributed by atoms with Crippen LogP contribution < -0.4 is 0 Å². The lowest BCUT2D eigenvalue weighted by atomic mass is 9.98. The minimum absolute atomic E-state index is 0.0556. The molecule has 0 atom stereocenters. The van der Waals surface area contributed by atoms with Gasteiger partial charge in [-0.05, 0) is 12.3 Å². The minimum Gasteiger partial charge on any atom is -0.103 e. The van der Waals surface area contributed by atoms with E-state index in [0.29, 0.717) is 0 Å². The molecule has 0 aliphatic heterocycles. The molecule has 0 amide bonds. The lowest BCUT2D eigenvalue weighted by molar-refractivity contribution is 0.622. The van der Waals surface area contributed by atoms with E-state index >= 15 is 0 Å². The molecule has 0 aromatic carbocycles. The van der Waals surface area contributed by atoms with Crippen LogP contribution in [0.15, 0.2) is 12.7 Å². The molecular formula is C6H11. The van der Waals surface area contributed by atoms with Crippen LogP contribution in [-0.4, -0.2) is 0 Å². The molecule has 0 spiro atoms. The number of rotatable bonds is 1. The quantitative estimate of drug-likeness (QED) is 0.425. The Morgan fingerprint density at radius 3 is 1.67 bits per heavy atom. The number of allylic oxidation sites excluding steroid dienone is 1. The molecule has 0 saturated carbocycles. The first-order valence-corrected chi connectivity index (χ1v) is 2.05. The third-order valence-electron chi connectivity index (χ3n) is 0.553. The van der Waals surface area contributed by atoms with E-state index in [1.54, 1.807) is 0 Å². The molecule has 0 aromatic heterocycles. The molecule has 0 N–H and O–H groups in total. The van der Waals surface area contributed by atoms with E-state index in [1.165, 1.54) is 0 Å². The zero-order valence-corrected chi connectivity index (χ0v) is 4.49. The lowest BCUT2D eigenvalue weighted by Gasteiger charge is -2.07. The van der Waals surface area contributed by atoms with Crippen LogP contribution in [0.4, 0.5) is 0 Å². The largest absolute Gasteiger partial charge is 0.103 e. The highest BCUT2D eigenvalue weighted by Gasteiger charge is 1.99. The van der Waals surface area contributed by atoms with Crippen molar-refractivity contribution in [1.29, 1.82) is 0 Å². The maximum Gasteiger partial charge on any atom is -0.0177 e. The highest BCUT2D eigenvalue weighted by atomic mass is 14.0. The van der Waals surface area contributed by atoms with Crippen LogP contribution in [-0.2, 0) is 0 Å². The smallest absolute Gasteiger partial charge is 0.0177 e. The number of hydrogen-bond donors (Lipinski definition) is 0. The normalized spacial score (nSPS) is 11.2. The van der Waals surface area contributed by atoms with E-state index < -0.39 is 0 Å². The summed E-state index contributed by atoms with van der Waals surface area (Å²) < 4.78 is 0. The van der Waals surface area contributed by atoms with Crippen LogP contribution in [0.1, 0.15) is 13.8 Å². The standard InChI is InChI=1S/C6H11/c1-5-6(2,3)4/h5H,1-2H2,3-4H3. The van der Waals surface area contributed by atoms with E-state index in [2.05, 4.69) is 13.5 Å². The first kappa shape index (κ1) is 5.74. The topological polar surface area (TPSA) is 0 Å². The zero-order chi connectivity index (χ0) is 5.21. The molecule has 0 heterocycles. The van der Waals surface area contributed by atoms with Gasteiger partial charge < -0.3 is 0 Å². The molecule has 0 rings (SSSR count). The first-order valence-electron chi connectivity index (χ1n) is 2.05. The Balaban J connectivity index is 3.45. The van der Waals surface area contributed by atoms with Crippen LogP contribution in [0.5, 0.6) is 0 Å². The fraction of sp³-hybridized carbons (Fsp3) is 0.500. The Kier molecular flexibility index (Phi) is 1.40. The summed E-state index contributed by atoms with van der Waals surface area (Å²) in [7, 11) is 0. The minimum atomic E-state index is 0.0556. The van der Waals surface area contributed by atoms with E-state index in [-0.39, 0.29) is 5.41 Å². The van der Waals surface area contributed by atoms with E-state index in [0.717, 1.165) is 0 Å². The van der Waals surface area contributed by atoms with Crippen LogP contribution >= 0.6 is 0 Å². The molecule has 0 nitrogen and oxygen atoms in total. The highest BCUT2D eigenvalue weighted by molar-refractivity contribution is 4.88. The van der Waals surface area contributed by atoms with Gasteiger partial charge in [0.1, 0.15) is 0 Å². The van der Waals surface area contributed by atoms with E-state index in [9.17, 15) is 0 Å². The Bertz CT molecular complexity index is 45.5. The fourth-order valence-electron chi connectivity index (χ4n) is 0. The monoisotopic (exact) mass is 83.1 g/mol. The molecule has 0 aliphatic rings. The van der Waals surface area contributed by atoms with Gasteiger partial charge in [0.25, 0.3) is 0 Å². The molecule has 35 valence electrons. The highest BCUT2D eigenvalue weighted by Crippen LogP contribution is 2.11. The van der Waals surface area contributed by atoms with Gasteiger partial charge in [-0.25, -0.2) is 0 Å². The SMILES string of the molecule is [CH2]C(C)(C)C=C. The van der Waals surface area contributed by atoms with Crippen molar-refractivity contribution >= 4 is 0 Å². The number of hydrogen-bond acceptors (Lipinski definition) is 0. The summed E-state index contributed by atoms with van der Waals surface area (Å²) in [6.45, 7) is 11.4. The average molecular weight is 83.2 g/mol. The summed E-state index contributed by atoms with van der Waals surface area (Å²) in [5.41, 5.74) is 0.0556. The molecule has 6 heavy (non-hydrogen) atoms. The molecule has 0 heteroatoms. The second-order valence-corrected chi connectivity index (χ2v) is 2.19. The molecule has 0 aromatic rings. The summed E-state index contributed by atoms with van der Waals surface area (Å²) in [6.07, 6.45) is 1.83. The second kappa shape index (κ2) is 1.46. The predicted octanol–water partition coefficient (Wildman–Crippen LogP) is 2.03. The maximum atomic E-state index is 3.77. The Labute approximate surface area is 39.9 Å². The molecular weight excluding hydrogens is 72.1 g/mol. The average Bonchev–Trinajstić information content (AvgIpc) is 1.35. The van der Waals surface area contributed by atoms with Crippen molar-refractivity contribution in [2.75, 3.05) is 0 Å². The maximum absolute atomic E-state index is 3.77. The summed E-state index contributed by atoms with van der Waals surface area (Å²) in [6, 6.07) is 0. The van der Waals surface area contributed by atoms with Crippen molar-refractivity contribution in [3.05, 3.63) is 19.6 Å². The van der Waals surface area contributed by atoms with Crippen LogP contribution in [0.25, 0.3) is 0 Å². The molecule has 0 bridgehead atoms. The predicted molar refractivity (Wildman–Crippen MR) is 29.3 cm³/mol. The molecule has 0 saturated heterocycles. The van der Waals surface area contributed by atoms with Gasteiger partial charge in [-0.2, -0.15) is 0 Å². The third kappa shape index (κ3) is 3.74. The van der Waals surface area contributed by atoms with E-state index in [1.807, 2.05) is 19.9 Å². The molecule has 1 radical (unpaired) electrons.